The van der Waals surface area contributed by atoms with Crippen molar-refractivity contribution in [3.05, 3.63) is 29.8 Å². The van der Waals surface area contributed by atoms with Gasteiger partial charge < -0.3 is 10.2 Å². The number of hydrogen-bond acceptors (Lipinski definition) is 2. The van der Waals surface area contributed by atoms with Gasteiger partial charge in [-0.25, -0.2) is 0 Å². The van der Waals surface area contributed by atoms with Gasteiger partial charge in [0.15, 0.2) is 0 Å². The predicted octanol–water partition coefficient (Wildman–Crippen LogP) is 3.79. The van der Waals surface area contributed by atoms with Crippen LogP contribution in [0, 0.1) is 11.8 Å². The summed E-state index contributed by atoms with van der Waals surface area (Å²) in [6, 6.07) is 8.01. The highest BCUT2D eigenvalue weighted by molar-refractivity contribution is 5.93. The second-order valence-corrected chi connectivity index (χ2v) is 7.46. The molecule has 0 bridgehead atoms. The first-order valence-corrected chi connectivity index (χ1v) is 9.25. The quantitative estimate of drug-likeness (QED) is 0.914. The Bertz CT molecular complexity index is 599. The fraction of sp³-hybridized carbons (Fsp3) is 0.600. The van der Waals surface area contributed by atoms with Crippen LogP contribution in [0.2, 0.25) is 0 Å². The van der Waals surface area contributed by atoms with Gasteiger partial charge in [-0.3, -0.25) is 9.59 Å². The number of nitrogens with zero attached hydrogens (tertiary/aromatic N) is 1. The second-order valence-electron chi connectivity index (χ2n) is 7.46. The lowest BCUT2D eigenvalue weighted by molar-refractivity contribution is -0.140. The number of nitrogens with one attached hydrogen (secondary N) is 1. The highest BCUT2D eigenvalue weighted by atomic mass is 16.2. The molecule has 2 amide bonds. The van der Waals surface area contributed by atoms with Crippen LogP contribution in [-0.2, 0) is 9.59 Å². The molecule has 4 heteroatoms. The summed E-state index contributed by atoms with van der Waals surface area (Å²) in [4.78, 5) is 26.9. The van der Waals surface area contributed by atoms with Gasteiger partial charge in [-0.1, -0.05) is 38.5 Å². The van der Waals surface area contributed by atoms with E-state index in [0.717, 1.165) is 44.5 Å². The number of hydrogen-bond donors (Lipinski definition) is 1. The first-order chi connectivity index (χ1) is 11.6. The molecule has 1 aliphatic heterocycles. The van der Waals surface area contributed by atoms with E-state index in [-0.39, 0.29) is 17.7 Å². The molecule has 0 aromatic heterocycles. The molecule has 0 atom stereocenters. The lowest BCUT2D eigenvalue weighted by Crippen LogP contribution is -2.45. The number of likely N-dealkylation sites (tertiary alicyclic amines) is 1. The number of anilines is 1. The third kappa shape index (κ3) is 3.63. The minimum absolute atomic E-state index is 0.00987. The molecule has 0 unspecified atom stereocenters. The monoisotopic (exact) mass is 328 g/mol. The van der Waals surface area contributed by atoms with Crippen LogP contribution in [-0.4, -0.2) is 29.8 Å². The summed E-state index contributed by atoms with van der Waals surface area (Å²) in [5.41, 5.74) is 2.09. The van der Waals surface area contributed by atoms with Crippen molar-refractivity contribution in [1.29, 1.82) is 0 Å². The van der Waals surface area contributed by atoms with Crippen LogP contribution < -0.4 is 5.32 Å². The smallest absolute Gasteiger partial charge is 0.227 e. The van der Waals surface area contributed by atoms with Crippen molar-refractivity contribution in [3.63, 3.8) is 0 Å². The van der Waals surface area contributed by atoms with Gasteiger partial charge in [0.25, 0.3) is 0 Å². The molecule has 2 aliphatic rings. The van der Waals surface area contributed by atoms with Gasteiger partial charge in [0, 0.05) is 30.6 Å². The molecular formula is C20H28N2O2. The number of piperidine rings is 1. The Hall–Kier alpha value is -1.84. The molecule has 1 saturated heterocycles. The SMILES string of the molecule is CC(C)c1ccccc1NC(=O)C1CCN(C(=O)C2CCC2)CC1. The van der Waals surface area contributed by atoms with E-state index in [0.29, 0.717) is 11.8 Å². The molecule has 1 aromatic carbocycles. The van der Waals surface area contributed by atoms with Gasteiger partial charge in [0.05, 0.1) is 0 Å². The molecule has 1 saturated carbocycles. The molecule has 1 aromatic rings. The van der Waals surface area contributed by atoms with Gasteiger partial charge >= 0.3 is 0 Å². The summed E-state index contributed by atoms with van der Waals surface area (Å²) in [6.45, 7) is 5.71. The first-order valence-electron chi connectivity index (χ1n) is 9.25. The number of amides is 2. The molecule has 1 N–H and O–H groups in total. The van der Waals surface area contributed by atoms with Crippen molar-refractivity contribution in [2.45, 2.75) is 51.9 Å². The van der Waals surface area contributed by atoms with Gasteiger partial charge in [0.1, 0.15) is 0 Å². The average Bonchev–Trinajstić information content (AvgIpc) is 2.53. The minimum Gasteiger partial charge on any atom is -0.342 e. The fourth-order valence-electron chi connectivity index (χ4n) is 3.62. The molecule has 0 radical (unpaired) electrons. The van der Waals surface area contributed by atoms with Crippen molar-refractivity contribution >= 4 is 17.5 Å². The zero-order valence-corrected chi connectivity index (χ0v) is 14.8. The highest BCUT2D eigenvalue weighted by Gasteiger charge is 2.33. The normalized spacial score (nSPS) is 19.2. The lowest BCUT2D eigenvalue weighted by Gasteiger charge is -2.36. The Kier molecular flexibility index (Phi) is 5.22. The summed E-state index contributed by atoms with van der Waals surface area (Å²) in [5, 5.41) is 3.11. The Morgan fingerprint density at radius 3 is 2.29 bits per heavy atom. The molecule has 3 rings (SSSR count). The number of benzene rings is 1. The maximum atomic E-state index is 12.6. The van der Waals surface area contributed by atoms with Crippen molar-refractivity contribution in [1.82, 2.24) is 4.90 Å². The maximum absolute atomic E-state index is 12.6. The van der Waals surface area contributed by atoms with Crippen molar-refractivity contribution in [3.8, 4) is 0 Å². The second kappa shape index (κ2) is 7.37. The minimum atomic E-state index is 0.00987. The largest absolute Gasteiger partial charge is 0.342 e. The Labute approximate surface area is 144 Å². The van der Waals surface area contributed by atoms with Crippen LogP contribution >= 0.6 is 0 Å². The highest BCUT2D eigenvalue weighted by Crippen LogP contribution is 2.30. The molecule has 130 valence electrons. The topological polar surface area (TPSA) is 49.4 Å². The van der Waals surface area contributed by atoms with Crippen molar-refractivity contribution in [2.75, 3.05) is 18.4 Å². The average molecular weight is 328 g/mol. The Morgan fingerprint density at radius 2 is 1.71 bits per heavy atom. The lowest BCUT2D eigenvalue weighted by atomic mass is 9.83. The fourth-order valence-corrected chi connectivity index (χ4v) is 3.62. The van der Waals surface area contributed by atoms with Crippen LogP contribution in [0.5, 0.6) is 0 Å². The first kappa shape index (κ1) is 17.0. The van der Waals surface area contributed by atoms with E-state index < -0.39 is 0 Å². The molecular weight excluding hydrogens is 300 g/mol. The number of carbonyl (C=O) groups excluding carboxylic acids is 2. The van der Waals surface area contributed by atoms with E-state index in [1.807, 2.05) is 23.1 Å². The van der Waals surface area contributed by atoms with Crippen LogP contribution in [0.3, 0.4) is 0 Å². The van der Waals surface area contributed by atoms with Gasteiger partial charge in [-0.15, -0.1) is 0 Å². The summed E-state index contributed by atoms with van der Waals surface area (Å²) in [7, 11) is 0. The zero-order valence-electron chi connectivity index (χ0n) is 14.8. The third-order valence-corrected chi connectivity index (χ3v) is 5.47. The third-order valence-electron chi connectivity index (χ3n) is 5.47. The maximum Gasteiger partial charge on any atom is 0.227 e. The summed E-state index contributed by atoms with van der Waals surface area (Å²) in [5.74, 6) is 1.05. The van der Waals surface area contributed by atoms with E-state index in [1.165, 1.54) is 12.0 Å². The van der Waals surface area contributed by atoms with Gasteiger partial charge in [0.2, 0.25) is 11.8 Å². The van der Waals surface area contributed by atoms with Crippen molar-refractivity contribution in [2.24, 2.45) is 11.8 Å². The summed E-state index contributed by atoms with van der Waals surface area (Å²) in [6.07, 6.45) is 4.82. The van der Waals surface area contributed by atoms with Crippen LogP contribution in [0.4, 0.5) is 5.69 Å². The van der Waals surface area contributed by atoms with Gasteiger partial charge in [-0.2, -0.15) is 0 Å². The molecule has 1 heterocycles. The molecule has 2 fully saturated rings. The number of carbonyl (C=O) groups is 2. The zero-order chi connectivity index (χ0) is 17.1. The van der Waals surface area contributed by atoms with Crippen molar-refractivity contribution < 1.29 is 9.59 Å². The number of para-hydroxylation sites is 1. The van der Waals surface area contributed by atoms with E-state index in [9.17, 15) is 9.59 Å². The van der Waals surface area contributed by atoms with E-state index in [2.05, 4.69) is 25.2 Å². The Balaban J connectivity index is 1.55. The number of rotatable bonds is 4. The molecule has 24 heavy (non-hydrogen) atoms. The summed E-state index contributed by atoms with van der Waals surface area (Å²) >= 11 is 0. The van der Waals surface area contributed by atoms with E-state index >= 15 is 0 Å². The van der Waals surface area contributed by atoms with Crippen LogP contribution in [0.25, 0.3) is 0 Å². The molecule has 1 aliphatic carbocycles. The van der Waals surface area contributed by atoms with E-state index in [1.54, 1.807) is 0 Å². The molecule has 4 nitrogen and oxygen atoms in total. The Morgan fingerprint density at radius 1 is 1.04 bits per heavy atom. The summed E-state index contributed by atoms with van der Waals surface area (Å²) < 4.78 is 0. The van der Waals surface area contributed by atoms with E-state index in [4.69, 9.17) is 0 Å². The van der Waals surface area contributed by atoms with Gasteiger partial charge in [-0.05, 0) is 43.2 Å². The van der Waals surface area contributed by atoms with Crippen LogP contribution in [0.1, 0.15) is 57.4 Å². The molecule has 0 spiro atoms. The standard InChI is InChI=1S/C20H28N2O2/c1-14(2)17-8-3-4-9-18(17)21-19(23)15-10-12-22(13-11-15)20(24)16-6-5-7-16/h3-4,8-9,14-16H,5-7,10-13H2,1-2H3,(H,21,23). The predicted molar refractivity (Wildman–Crippen MR) is 95.8 cm³/mol. The van der Waals surface area contributed by atoms with Crippen LogP contribution in [0.15, 0.2) is 24.3 Å².